The molecule has 0 saturated heterocycles. The molecule has 3 aromatic carbocycles. The van der Waals surface area contributed by atoms with Crippen molar-refractivity contribution in [3.63, 3.8) is 0 Å². The maximum absolute atomic E-state index is 13.4. The van der Waals surface area contributed by atoms with Crippen LogP contribution in [0.1, 0.15) is 74.1 Å². The van der Waals surface area contributed by atoms with Crippen LogP contribution in [0, 0.1) is 0 Å². The van der Waals surface area contributed by atoms with Gasteiger partial charge in [-0.3, -0.25) is 19.2 Å². The lowest BCUT2D eigenvalue weighted by Crippen LogP contribution is -2.37. The summed E-state index contributed by atoms with van der Waals surface area (Å²) >= 11 is 0. The van der Waals surface area contributed by atoms with E-state index < -0.39 is 6.04 Å². The molecule has 1 heterocycles. The Bertz CT molecular complexity index is 1520. The molecule has 10 heteroatoms. The fourth-order valence-electron chi connectivity index (χ4n) is 4.95. The number of hydrazone groups is 1. The van der Waals surface area contributed by atoms with Crippen molar-refractivity contribution in [1.29, 1.82) is 0 Å². The molecule has 46 heavy (non-hydrogen) atoms. The van der Waals surface area contributed by atoms with Gasteiger partial charge in [-0.2, -0.15) is 5.10 Å². The third kappa shape index (κ3) is 11.0. The average Bonchev–Trinajstić information content (AvgIpc) is 3.06. The van der Waals surface area contributed by atoms with Crippen LogP contribution in [0.2, 0.25) is 0 Å². The lowest BCUT2D eigenvalue weighted by atomic mass is 10.0. The monoisotopic (exact) mass is 624 g/mol. The minimum absolute atomic E-state index is 0.00498. The lowest BCUT2D eigenvalue weighted by molar-refractivity contribution is -0.149. The number of rotatable bonds is 11. The van der Waals surface area contributed by atoms with Crippen LogP contribution in [0.25, 0.3) is 0 Å². The first-order chi connectivity index (χ1) is 22.4. The molecule has 0 radical (unpaired) electrons. The van der Waals surface area contributed by atoms with Crippen LogP contribution in [0.4, 0.5) is 5.69 Å². The molecule has 1 atom stereocenters. The van der Waals surface area contributed by atoms with Gasteiger partial charge < -0.3 is 20.1 Å². The number of benzene rings is 3. The van der Waals surface area contributed by atoms with Gasteiger partial charge in [-0.05, 0) is 54.5 Å². The molecule has 240 valence electrons. The molecule has 1 aliphatic heterocycles. The predicted octanol–water partition coefficient (Wildman–Crippen LogP) is 5.78. The zero-order valence-corrected chi connectivity index (χ0v) is 25.8. The van der Waals surface area contributed by atoms with E-state index in [0.717, 1.165) is 16.7 Å². The first-order valence-corrected chi connectivity index (χ1v) is 15.5. The largest absolute Gasteiger partial charge is 0.506 e. The van der Waals surface area contributed by atoms with E-state index in [4.69, 9.17) is 4.74 Å². The Hall–Kier alpha value is -5.25. The highest BCUT2D eigenvalue weighted by molar-refractivity contribution is 5.92. The number of hydrogen-bond acceptors (Lipinski definition) is 7. The van der Waals surface area contributed by atoms with Crippen molar-refractivity contribution in [3.8, 4) is 5.75 Å². The van der Waals surface area contributed by atoms with Crippen LogP contribution >= 0.6 is 0 Å². The van der Waals surface area contributed by atoms with Crippen molar-refractivity contribution in [2.45, 2.75) is 64.0 Å². The molecule has 0 unspecified atom stereocenters. The number of hydrogen-bond donors (Lipinski definition) is 3. The number of carbonyl (C=O) groups is 4. The van der Waals surface area contributed by atoms with Gasteiger partial charge >= 0.3 is 5.97 Å². The van der Waals surface area contributed by atoms with Gasteiger partial charge in [-0.15, -0.1) is 0 Å². The van der Waals surface area contributed by atoms with Gasteiger partial charge in [0.05, 0.1) is 17.9 Å². The average molecular weight is 625 g/mol. The summed E-state index contributed by atoms with van der Waals surface area (Å²) in [5.41, 5.74) is 5.43. The summed E-state index contributed by atoms with van der Waals surface area (Å²) in [5, 5.41) is 16.5. The number of para-hydroxylation sites is 2. The number of allylic oxidation sites excluding steroid dienone is 2. The molecule has 0 aliphatic carbocycles. The summed E-state index contributed by atoms with van der Waals surface area (Å²) in [6, 6.07) is 23.2. The van der Waals surface area contributed by atoms with Crippen LogP contribution in [0.15, 0.2) is 96.1 Å². The number of esters is 1. The van der Waals surface area contributed by atoms with Gasteiger partial charge in [0.25, 0.3) is 0 Å². The highest BCUT2D eigenvalue weighted by Crippen LogP contribution is 2.26. The lowest BCUT2D eigenvalue weighted by Gasteiger charge is -2.32. The molecule has 3 N–H and O–H groups in total. The van der Waals surface area contributed by atoms with E-state index in [0.29, 0.717) is 50.8 Å². The van der Waals surface area contributed by atoms with Gasteiger partial charge in [0, 0.05) is 32.2 Å². The zero-order valence-electron chi connectivity index (χ0n) is 25.8. The topological polar surface area (TPSA) is 137 Å². The van der Waals surface area contributed by atoms with Crippen LogP contribution in [0.3, 0.4) is 0 Å². The first kappa shape index (κ1) is 33.6. The number of phenols is 1. The Balaban J connectivity index is 1.28. The fraction of sp³-hybridized carbons (Fsp3) is 0.306. The minimum atomic E-state index is -0.427. The molecule has 0 bridgehead atoms. The molecular weight excluding hydrogens is 584 g/mol. The summed E-state index contributed by atoms with van der Waals surface area (Å²) in [6.07, 6.45) is 8.72. The number of unbranched alkanes of at least 4 members (excludes halogenated alkanes) is 1. The van der Waals surface area contributed by atoms with Crippen molar-refractivity contribution in [1.82, 2.24) is 10.3 Å². The second-order valence-corrected chi connectivity index (χ2v) is 11.0. The van der Waals surface area contributed by atoms with Gasteiger partial charge in [-0.25, -0.2) is 5.43 Å². The van der Waals surface area contributed by atoms with Gasteiger partial charge in [-0.1, -0.05) is 78.9 Å². The molecule has 3 aromatic rings. The second kappa shape index (κ2) is 17.9. The molecule has 10 nitrogen and oxygen atoms in total. The molecule has 0 fully saturated rings. The molecule has 1 aliphatic rings. The number of ether oxygens (including phenoxy) is 1. The van der Waals surface area contributed by atoms with E-state index in [1.807, 2.05) is 66.7 Å². The van der Waals surface area contributed by atoms with E-state index in [1.54, 1.807) is 29.3 Å². The van der Waals surface area contributed by atoms with E-state index in [2.05, 4.69) is 15.8 Å². The predicted molar refractivity (Wildman–Crippen MR) is 176 cm³/mol. The van der Waals surface area contributed by atoms with Gasteiger partial charge in [0.2, 0.25) is 17.7 Å². The Labute approximate surface area is 269 Å². The third-order valence-corrected chi connectivity index (χ3v) is 7.46. The normalized spacial score (nSPS) is 16.6. The number of phenolic OH excluding ortho intramolecular Hbond substituents is 1. The summed E-state index contributed by atoms with van der Waals surface area (Å²) in [6.45, 7) is 0.409. The van der Waals surface area contributed by atoms with Crippen LogP contribution in [0.5, 0.6) is 5.75 Å². The molecular formula is C36H40N4O6. The van der Waals surface area contributed by atoms with Crippen molar-refractivity contribution < 1.29 is 29.0 Å². The zero-order chi connectivity index (χ0) is 32.6. The number of aromatic hydroxyl groups is 1. The summed E-state index contributed by atoms with van der Waals surface area (Å²) in [7, 11) is 0. The number of amides is 3. The molecule has 3 amide bonds. The highest BCUT2D eigenvalue weighted by atomic mass is 16.5. The number of nitrogens with one attached hydrogen (secondary N) is 2. The van der Waals surface area contributed by atoms with Crippen molar-refractivity contribution >= 4 is 35.6 Å². The Morgan fingerprint density at radius 3 is 2.28 bits per heavy atom. The van der Waals surface area contributed by atoms with E-state index in [1.165, 1.54) is 6.07 Å². The van der Waals surface area contributed by atoms with Crippen LogP contribution < -0.4 is 10.7 Å². The Morgan fingerprint density at radius 2 is 1.54 bits per heavy atom. The van der Waals surface area contributed by atoms with Gasteiger partial charge in [0.1, 0.15) is 12.4 Å². The van der Waals surface area contributed by atoms with Gasteiger partial charge in [0.15, 0.2) is 0 Å². The standard InChI is InChI=1S/C36H40N4O6/c41-32-15-9-8-14-30(32)38-33(42)16-10-11-17-34(43)39-37-24-27-20-22-28(23-21-27)25-40-31(29-12-4-3-5-13-29)26-46-36(45)19-7-2-1-6-18-35(40)44/h1-5,8-9,12-15,20-24,31,41H,6-7,10-11,16-19,25-26H2,(H,38,42)(H,39,43)/b2-1+,37-24+/t31-/m1/s1. The summed E-state index contributed by atoms with van der Waals surface area (Å²) < 4.78 is 5.60. The maximum atomic E-state index is 13.4. The quantitative estimate of drug-likeness (QED) is 0.0617. The number of carbonyl (C=O) groups excluding carboxylic acids is 4. The number of nitrogens with zero attached hydrogens (tertiary/aromatic N) is 2. The van der Waals surface area contributed by atoms with Crippen LogP contribution in [-0.4, -0.2) is 46.5 Å². The second-order valence-electron chi connectivity index (χ2n) is 11.0. The number of anilines is 1. The maximum Gasteiger partial charge on any atom is 0.306 e. The fourth-order valence-corrected chi connectivity index (χ4v) is 4.95. The Morgan fingerprint density at radius 1 is 0.870 bits per heavy atom. The molecule has 0 spiro atoms. The smallest absolute Gasteiger partial charge is 0.306 e. The van der Waals surface area contributed by atoms with Crippen molar-refractivity contribution in [3.05, 3.63) is 108 Å². The SMILES string of the molecule is O=C(CCCCC(=O)Nc1ccccc1O)N/N=C/c1ccc(CN2C(=O)CC/C=C/CCC(=O)OC[C@@H]2c2ccccc2)cc1. The Kier molecular flexibility index (Phi) is 13.1. The summed E-state index contributed by atoms with van der Waals surface area (Å²) in [4.78, 5) is 51.8. The van der Waals surface area contributed by atoms with Crippen molar-refractivity contribution in [2.75, 3.05) is 11.9 Å². The number of cyclic esters (lactones) is 1. The molecule has 0 saturated carbocycles. The van der Waals surface area contributed by atoms with E-state index in [9.17, 15) is 24.3 Å². The van der Waals surface area contributed by atoms with E-state index >= 15 is 0 Å². The molecule has 0 aromatic heterocycles. The van der Waals surface area contributed by atoms with E-state index in [-0.39, 0.29) is 48.9 Å². The first-order valence-electron chi connectivity index (χ1n) is 15.5. The minimum Gasteiger partial charge on any atom is -0.506 e. The summed E-state index contributed by atoms with van der Waals surface area (Å²) in [5.74, 6) is -0.801. The third-order valence-electron chi connectivity index (χ3n) is 7.46. The highest BCUT2D eigenvalue weighted by Gasteiger charge is 2.27. The van der Waals surface area contributed by atoms with Crippen molar-refractivity contribution in [2.24, 2.45) is 5.10 Å². The van der Waals surface area contributed by atoms with Crippen LogP contribution in [-0.2, 0) is 30.5 Å². The molecule has 4 rings (SSSR count).